The summed E-state index contributed by atoms with van der Waals surface area (Å²) in [6, 6.07) is 0. The number of thiazole rings is 1. The summed E-state index contributed by atoms with van der Waals surface area (Å²) in [6.07, 6.45) is 0. The fourth-order valence-electron chi connectivity index (χ4n) is 3.32. The first-order valence-corrected chi connectivity index (χ1v) is 11.0. The van der Waals surface area contributed by atoms with Crippen LogP contribution in [0.1, 0.15) is 34.6 Å². The highest BCUT2D eigenvalue weighted by molar-refractivity contribution is 8.11. The lowest BCUT2D eigenvalue weighted by Crippen LogP contribution is -2.35. The molecule has 146 valence electrons. The van der Waals surface area contributed by atoms with E-state index in [2.05, 4.69) is 25.7 Å². The summed E-state index contributed by atoms with van der Waals surface area (Å²) in [5.41, 5.74) is 1.62. The van der Waals surface area contributed by atoms with Crippen LogP contribution in [0.3, 0.4) is 0 Å². The molecule has 0 N–H and O–H groups in total. The Morgan fingerprint density at radius 1 is 1.00 bits per heavy atom. The summed E-state index contributed by atoms with van der Waals surface area (Å²) in [5.74, 6) is -0.137. The predicted molar refractivity (Wildman–Crippen MR) is 116 cm³/mol. The Morgan fingerprint density at radius 2 is 1.63 bits per heavy atom. The largest absolute Gasteiger partial charge is 0.338 e. The van der Waals surface area contributed by atoms with Crippen molar-refractivity contribution in [3.8, 4) is 0 Å². The SMILES string of the molecule is CCN1C(=O)C(=c2sc(=C3SC(C)=C(C)N3CC)c(=O)n2CC)N(C)C1=S. The maximum absolute atomic E-state index is 13.2. The van der Waals surface area contributed by atoms with E-state index < -0.39 is 0 Å². The Hall–Kier alpha value is -1.58. The summed E-state index contributed by atoms with van der Waals surface area (Å²) in [7, 11) is 1.79. The van der Waals surface area contributed by atoms with Crippen LogP contribution in [-0.2, 0) is 11.3 Å². The van der Waals surface area contributed by atoms with Crippen LogP contribution in [0, 0.1) is 0 Å². The zero-order valence-corrected chi connectivity index (χ0v) is 18.9. The van der Waals surface area contributed by atoms with Crippen molar-refractivity contribution in [2.75, 3.05) is 20.1 Å². The van der Waals surface area contributed by atoms with Crippen molar-refractivity contribution in [1.82, 2.24) is 19.3 Å². The number of carbonyl (C=O) groups excluding carboxylic acids is 1. The maximum Gasteiger partial charge on any atom is 0.279 e. The van der Waals surface area contributed by atoms with Gasteiger partial charge in [-0.15, -0.1) is 11.3 Å². The molecule has 1 amide bonds. The lowest BCUT2D eigenvalue weighted by Gasteiger charge is -2.17. The zero-order chi connectivity index (χ0) is 20.0. The number of amides is 1. The second-order valence-electron chi connectivity index (χ2n) is 6.32. The number of hydrogen-bond acceptors (Lipinski definition) is 6. The Bertz CT molecular complexity index is 1030. The summed E-state index contributed by atoms with van der Waals surface area (Å²) < 4.78 is 3.05. The molecule has 0 atom stereocenters. The highest BCUT2D eigenvalue weighted by Gasteiger charge is 2.36. The van der Waals surface area contributed by atoms with Gasteiger partial charge in [0, 0.05) is 37.3 Å². The first kappa shape index (κ1) is 20.2. The second kappa shape index (κ2) is 7.44. The van der Waals surface area contributed by atoms with Crippen LogP contribution in [0.5, 0.6) is 0 Å². The van der Waals surface area contributed by atoms with Gasteiger partial charge in [-0.3, -0.25) is 19.1 Å². The molecule has 0 unspecified atom stereocenters. The van der Waals surface area contributed by atoms with Crippen molar-refractivity contribution in [1.29, 1.82) is 0 Å². The molecule has 0 spiro atoms. The van der Waals surface area contributed by atoms with Crippen LogP contribution >= 0.6 is 35.3 Å². The summed E-state index contributed by atoms with van der Waals surface area (Å²) in [6.45, 7) is 11.9. The Balaban J connectivity index is 2.36. The molecule has 0 aliphatic carbocycles. The van der Waals surface area contributed by atoms with Gasteiger partial charge in [0.2, 0.25) is 0 Å². The molecule has 3 rings (SSSR count). The molecule has 0 radical (unpaired) electrons. The number of aromatic nitrogens is 1. The molecule has 0 saturated carbocycles. The number of nitrogens with zero attached hydrogens (tertiary/aromatic N) is 4. The van der Waals surface area contributed by atoms with E-state index in [4.69, 9.17) is 12.2 Å². The fraction of sp³-hybridized carbons (Fsp3) is 0.500. The van der Waals surface area contributed by atoms with Gasteiger partial charge in [-0.1, -0.05) is 11.8 Å². The molecule has 3 heterocycles. The minimum atomic E-state index is -0.137. The van der Waals surface area contributed by atoms with Crippen LogP contribution in [0.2, 0.25) is 0 Å². The average molecular weight is 425 g/mol. The number of thioether (sulfide) groups is 1. The van der Waals surface area contributed by atoms with Gasteiger partial charge in [0.15, 0.2) is 5.11 Å². The minimum absolute atomic E-state index is 0.0458. The van der Waals surface area contributed by atoms with E-state index in [-0.39, 0.29) is 11.5 Å². The molecule has 1 aromatic rings. The summed E-state index contributed by atoms with van der Waals surface area (Å²) in [4.78, 5) is 32.8. The van der Waals surface area contributed by atoms with E-state index in [1.54, 1.807) is 33.2 Å². The van der Waals surface area contributed by atoms with E-state index in [1.165, 1.54) is 21.9 Å². The van der Waals surface area contributed by atoms with Crippen molar-refractivity contribution in [2.24, 2.45) is 0 Å². The molecule has 0 bridgehead atoms. The Labute approximate surface area is 172 Å². The molecular formula is C18H24N4O2S3. The number of likely N-dealkylation sites (N-methyl/N-ethyl adjacent to an activating group) is 2. The predicted octanol–water partition coefficient (Wildman–Crippen LogP) is 1.50. The minimum Gasteiger partial charge on any atom is -0.338 e. The van der Waals surface area contributed by atoms with Crippen molar-refractivity contribution >= 4 is 57.1 Å². The summed E-state index contributed by atoms with van der Waals surface area (Å²) >= 11 is 8.43. The van der Waals surface area contributed by atoms with Gasteiger partial charge >= 0.3 is 0 Å². The molecule has 1 fully saturated rings. The van der Waals surface area contributed by atoms with Crippen LogP contribution in [-0.4, -0.2) is 50.4 Å². The van der Waals surface area contributed by atoms with Crippen LogP contribution < -0.4 is 14.8 Å². The zero-order valence-electron chi connectivity index (χ0n) is 16.5. The van der Waals surface area contributed by atoms with E-state index in [0.717, 1.165) is 11.6 Å². The normalized spacial score (nSPS) is 22.1. The van der Waals surface area contributed by atoms with Crippen LogP contribution in [0.4, 0.5) is 0 Å². The number of rotatable bonds is 3. The third-order valence-electron chi connectivity index (χ3n) is 4.94. The van der Waals surface area contributed by atoms with Crippen LogP contribution in [0.25, 0.3) is 10.7 Å². The molecule has 6 nitrogen and oxygen atoms in total. The average Bonchev–Trinajstić information content (AvgIpc) is 3.18. The highest BCUT2D eigenvalue weighted by Crippen LogP contribution is 2.40. The topological polar surface area (TPSA) is 48.8 Å². The molecule has 1 aromatic heterocycles. The van der Waals surface area contributed by atoms with Gasteiger partial charge in [0.25, 0.3) is 11.5 Å². The van der Waals surface area contributed by atoms with Gasteiger partial charge in [0.1, 0.15) is 19.9 Å². The van der Waals surface area contributed by atoms with Crippen LogP contribution in [0.15, 0.2) is 15.4 Å². The first-order chi connectivity index (χ1) is 12.8. The molecule has 0 aromatic carbocycles. The lowest BCUT2D eigenvalue weighted by molar-refractivity contribution is -0.120. The number of carbonyl (C=O) groups is 1. The molecule has 9 heteroatoms. The van der Waals surface area contributed by atoms with Crippen molar-refractivity contribution in [2.45, 2.75) is 41.2 Å². The Morgan fingerprint density at radius 3 is 2.15 bits per heavy atom. The van der Waals surface area contributed by atoms with E-state index in [9.17, 15) is 9.59 Å². The first-order valence-electron chi connectivity index (χ1n) is 8.98. The van der Waals surface area contributed by atoms with Gasteiger partial charge < -0.3 is 9.80 Å². The monoisotopic (exact) mass is 424 g/mol. The van der Waals surface area contributed by atoms with Crippen molar-refractivity contribution < 1.29 is 4.79 Å². The Kier molecular flexibility index (Phi) is 5.56. The van der Waals surface area contributed by atoms with Gasteiger partial charge in [-0.05, 0) is 46.8 Å². The van der Waals surface area contributed by atoms with E-state index >= 15 is 0 Å². The quantitative estimate of drug-likeness (QED) is 0.686. The highest BCUT2D eigenvalue weighted by atomic mass is 32.2. The third kappa shape index (κ3) is 2.96. The van der Waals surface area contributed by atoms with E-state index in [1.807, 2.05) is 13.8 Å². The second-order valence-corrected chi connectivity index (χ2v) is 8.89. The smallest absolute Gasteiger partial charge is 0.279 e. The molecule has 27 heavy (non-hydrogen) atoms. The summed E-state index contributed by atoms with van der Waals surface area (Å²) in [5, 5.41) is 1.44. The number of thiocarbonyl (C=S) groups is 1. The molecule has 2 aliphatic heterocycles. The molecular weight excluding hydrogens is 400 g/mol. The molecule has 2 aliphatic rings. The standard InChI is InChI=1S/C18H24N4O2S3/c1-7-20-10(4)11(5)26-17(20)13-15(24)21(8-2)16(27-13)12-14(23)22(9-3)18(25)19(12)6/h7-9H2,1-6H3. The number of hydrogen-bond donors (Lipinski definition) is 0. The van der Waals surface area contributed by atoms with Gasteiger partial charge in [-0.2, -0.15) is 0 Å². The fourth-order valence-corrected chi connectivity index (χ4v) is 6.21. The lowest BCUT2D eigenvalue weighted by atomic mass is 10.4. The van der Waals surface area contributed by atoms with Crippen molar-refractivity contribution in [3.63, 3.8) is 0 Å². The maximum atomic E-state index is 13.2. The van der Waals surface area contributed by atoms with Crippen molar-refractivity contribution in [3.05, 3.63) is 30.2 Å². The van der Waals surface area contributed by atoms with E-state index in [0.29, 0.717) is 33.1 Å². The van der Waals surface area contributed by atoms with Gasteiger partial charge in [-0.25, -0.2) is 0 Å². The number of allylic oxidation sites excluding steroid dienone is 2. The third-order valence-corrected chi connectivity index (χ3v) is 7.96. The van der Waals surface area contributed by atoms with Gasteiger partial charge in [0.05, 0.1) is 0 Å². The molecule has 1 saturated heterocycles.